The van der Waals surface area contributed by atoms with Crippen molar-refractivity contribution in [3.63, 3.8) is 0 Å². The Kier molecular flexibility index (Phi) is 1.11. The maximum atomic E-state index is 11.9. The van der Waals surface area contributed by atoms with E-state index in [2.05, 4.69) is 5.38 Å². The third-order valence-corrected chi connectivity index (χ3v) is 1.38. The van der Waals surface area contributed by atoms with Crippen LogP contribution in [0.4, 0.5) is 4.39 Å². The Morgan fingerprint density at radius 2 is 2.57 bits per heavy atom. The second kappa shape index (κ2) is 1.62. The molecule has 0 aliphatic rings. The molecule has 1 heterocycles. The molecular weight excluding hydrogens is 111 g/mol. The molecule has 0 aromatic carbocycles. The minimum atomic E-state index is -0.248. The zero-order valence-electron chi connectivity index (χ0n) is 3.86. The molecule has 1 aromatic rings. The number of rotatable bonds is 0. The Morgan fingerprint density at radius 1 is 1.86 bits per heavy atom. The Labute approximate surface area is 45.6 Å². The lowest BCUT2D eigenvalue weighted by atomic mass is 10.5. The minimum Gasteiger partial charge on any atom is -0.205 e. The number of hydrogen-bond acceptors (Lipinski definition) is 1. The van der Waals surface area contributed by atoms with Crippen molar-refractivity contribution in [1.29, 1.82) is 0 Å². The molecule has 1 radical (unpaired) electrons. The molecule has 0 spiro atoms. The normalized spacial score (nSPS) is 9.43. The molecule has 0 unspecified atom stereocenters. The minimum absolute atomic E-state index is 0.248. The predicted molar refractivity (Wildman–Crippen MR) is 27.8 cm³/mol. The summed E-state index contributed by atoms with van der Waals surface area (Å²) >= 11 is 1.30. The van der Waals surface area contributed by atoms with Gasteiger partial charge in [0.25, 0.3) is 0 Å². The van der Waals surface area contributed by atoms with Crippen molar-refractivity contribution in [3.8, 4) is 0 Å². The first-order valence-corrected chi connectivity index (χ1v) is 2.74. The smallest absolute Gasteiger partial charge is 0.142 e. The van der Waals surface area contributed by atoms with Gasteiger partial charge in [-0.3, -0.25) is 0 Å². The number of aryl methyl sites for hydroxylation is 1. The van der Waals surface area contributed by atoms with E-state index < -0.39 is 0 Å². The highest BCUT2D eigenvalue weighted by molar-refractivity contribution is 7.09. The van der Waals surface area contributed by atoms with Crippen molar-refractivity contribution in [1.82, 2.24) is 0 Å². The second-order valence-corrected chi connectivity index (χ2v) is 2.36. The highest BCUT2D eigenvalue weighted by Crippen LogP contribution is 2.08. The summed E-state index contributed by atoms with van der Waals surface area (Å²) in [6.45, 7) is 1.85. The summed E-state index contributed by atoms with van der Waals surface area (Å²) in [7, 11) is 0. The van der Waals surface area contributed by atoms with Crippen molar-refractivity contribution in [3.05, 3.63) is 22.1 Å². The van der Waals surface area contributed by atoms with Crippen LogP contribution in [0.5, 0.6) is 0 Å². The van der Waals surface area contributed by atoms with E-state index in [1.165, 1.54) is 17.4 Å². The van der Waals surface area contributed by atoms with E-state index in [-0.39, 0.29) is 5.82 Å². The molecule has 1 rings (SSSR count). The molecule has 37 valence electrons. The van der Waals surface area contributed by atoms with Gasteiger partial charge in [-0.15, -0.1) is 11.3 Å². The van der Waals surface area contributed by atoms with Crippen LogP contribution in [0, 0.1) is 18.1 Å². The number of thiophene rings is 1. The Bertz CT molecular complexity index is 140. The van der Waals surface area contributed by atoms with Crippen LogP contribution in [0.3, 0.4) is 0 Å². The molecular formula is C5H4FS. The molecule has 0 bridgehead atoms. The third kappa shape index (κ3) is 0.996. The first kappa shape index (κ1) is 4.78. The van der Waals surface area contributed by atoms with E-state index in [9.17, 15) is 4.39 Å². The average Bonchev–Trinajstić information content (AvgIpc) is 1.87. The Hall–Kier alpha value is -0.370. The lowest BCUT2D eigenvalue weighted by Crippen LogP contribution is -1.54. The molecule has 0 fully saturated rings. The van der Waals surface area contributed by atoms with E-state index in [0.717, 1.165) is 4.88 Å². The van der Waals surface area contributed by atoms with Gasteiger partial charge in [0.2, 0.25) is 0 Å². The zero-order chi connectivity index (χ0) is 5.28. The summed E-state index contributed by atoms with van der Waals surface area (Å²) in [6.07, 6.45) is 0. The molecule has 1 aromatic heterocycles. The van der Waals surface area contributed by atoms with Gasteiger partial charge in [-0.1, -0.05) is 0 Å². The van der Waals surface area contributed by atoms with Crippen LogP contribution in [0.25, 0.3) is 0 Å². The van der Waals surface area contributed by atoms with Gasteiger partial charge in [-0.05, 0) is 13.0 Å². The summed E-state index contributed by atoms with van der Waals surface area (Å²) in [4.78, 5) is 0.970. The van der Waals surface area contributed by atoms with Crippen molar-refractivity contribution >= 4 is 11.3 Å². The van der Waals surface area contributed by atoms with Crippen molar-refractivity contribution < 1.29 is 4.39 Å². The first-order chi connectivity index (χ1) is 3.29. The largest absolute Gasteiger partial charge is 0.205 e. The second-order valence-electron chi connectivity index (χ2n) is 1.31. The van der Waals surface area contributed by atoms with E-state index in [1.54, 1.807) is 0 Å². The summed E-state index contributed by atoms with van der Waals surface area (Å²) in [5.41, 5.74) is 0. The standard InChI is InChI=1S/C5H4FS/c1-4-2-5(6)3-7-4/h2H,1H3. The monoisotopic (exact) mass is 115 g/mol. The predicted octanol–water partition coefficient (Wildman–Crippen LogP) is 2.00. The highest BCUT2D eigenvalue weighted by Gasteiger charge is 1.89. The van der Waals surface area contributed by atoms with Crippen LogP contribution < -0.4 is 0 Å². The molecule has 7 heavy (non-hydrogen) atoms. The summed E-state index contributed by atoms with van der Waals surface area (Å²) in [6, 6.07) is 1.46. The van der Waals surface area contributed by atoms with Gasteiger partial charge in [0.1, 0.15) is 5.82 Å². The lowest BCUT2D eigenvalue weighted by molar-refractivity contribution is 0.631. The lowest BCUT2D eigenvalue weighted by Gasteiger charge is -1.67. The topological polar surface area (TPSA) is 0 Å². The van der Waals surface area contributed by atoms with E-state index in [4.69, 9.17) is 0 Å². The summed E-state index contributed by atoms with van der Waals surface area (Å²) in [5.74, 6) is -0.248. The van der Waals surface area contributed by atoms with Gasteiger partial charge >= 0.3 is 0 Å². The summed E-state index contributed by atoms with van der Waals surface area (Å²) < 4.78 is 11.9. The Morgan fingerprint density at radius 3 is 2.71 bits per heavy atom. The fraction of sp³-hybridized carbons (Fsp3) is 0.200. The molecule has 0 saturated heterocycles. The molecule has 0 aliphatic carbocycles. The number of hydrogen-bond donors (Lipinski definition) is 0. The van der Waals surface area contributed by atoms with Gasteiger partial charge in [-0.25, -0.2) is 4.39 Å². The van der Waals surface area contributed by atoms with Gasteiger partial charge < -0.3 is 0 Å². The van der Waals surface area contributed by atoms with Gasteiger partial charge in [-0.2, -0.15) is 0 Å². The molecule has 0 atom stereocenters. The molecule has 2 heteroatoms. The van der Waals surface area contributed by atoms with Crippen LogP contribution in [0.1, 0.15) is 4.88 Å². The van der Waals surface area contributed by atoms with Gasteiger partial charge in [0.05, 0.1) is 5.38 Å². The van der Waals surface area contributed by atoms with Crippen molar-refractivity contribution in [2.45, 2.75) is 6.92 Å². The van der Waals surface area contributed by atoms with Gasteiger partial charge in [0.15, 0.2) is 0 Å². The van der Waals surface area contributed by atoms with E-state index in [0.29, 0.717) is 0 Å². The van der Waals surface area contributed by atoms with E-state index >= 15 is 0 Å². The van der Waals surface area contributed by atoms with Crippen LogP contribution >= 0.6 is 11.3 Å². The van der Waals surface area contributed by atoms with Gasteiger partial charge in [0, 0.05) is 4.88 Å². The van der Waals surface area contributed by atoms with Crippen molar-refractivity contribution in [2.24, 2.45) is 0 Å². The quantitative estimate of drug-likeness (QED) is 0.485. The first-order valence-electron chi connectivity index (χ1n) is 1.92. The maximum Gasteiger partial charge on any atom is 0.142 e. The fourth-order valence-corrected chi connectivity index (χ4v) is 0.846. The Balaban J connectivity index is 3.04. The van der Waals surface area contributed by atoms with Crippen LogP contribution in [0.15, 0.2) is 6.07 Å². The molecule has 0 nitrogen and oxygen atoms in total. The van der Waals surface area contributed by atoms with Crippen LogP contribution in [-0.4, -0.2) is 0 Å². The SMILES string of the molecule is Cc1cc(F)[c]s1. The third-order valence-electron chi connectivity index (χ3n) is 0.640. The fourth-order valence-electron chi connectivity index (χ4n) is 0.367. The maximum absolute atomic E-state index is 11.9. The van der Waals surface area contributed by atoms with Crippen LogP contribution in [0.2, 0.25) is 0 Å². The van der Waals surface area contributed by atoms with Crippen LogP contribution in [-0.2, 0) is 0 Å². The number of halogens is 1. The molecule has 0 aliphatic heterocycles. The average molecular weight is 115 g/mol. The van der Waals surface area contributed by atoms with E-state index in [1.807, 2.05) is 6.92 Å². The highest BCUT2D eigenvalue weighted by atomic mass is 32.1. The molecule has 0 saturated carbocycles. The van der Waals surface area contributed by atoms with Crippen molar-refractivity contribution in [2.75, 3.05) is 0 Å². The summed E-state index contributed by atoms with van der Waals surface area (Å²) in [5, 5.41) is 2.44. The zero-order valence-corrected chi connectivity index (χ0v) is 4.68. The molecule has 0 amide bonds. The molecule has 0 N–H and O–H groups in total.